The maximum atomic E-state index is 12.4. The molecule has 0 aliphatic heterocycles. The molecule has 0 aromatic heterocycles. The van der Waals surface area contributed by atoms with Crippen LogP contribution in [0.15, 0.2) is 24.3 Å². The topological polar surface area (TPSA) is 18.5 Å². The fourth-order valence-corrected chi connectivity index (χ4v) is 2.57. The molecule has 126 valence electrons. The summed E-state index contributed by atoms with van der Waals surface area (Å²) < 4.78 is 23.1. The van der Waals surface area contributed by atoms with Crippen LogP contribution in [0.3, 0.4) is 0 Å². The summed E-state index contributed by atoms with van der Waals surface area (Å²) >= 11 is 0. The van der Waals surface area contributed by atoms with Gasteiger partial charge in [0.1, 0.15) is 6.67 Å². The van der Waals surface area contributed by atoms with E-state index in [1.165, 1.54) is 31.2 Å². The molecule has 0 amide bonds. The maximum absolute atomic E-state index is 12.4. The fraction of sp³-hybridized carbons (Fsp3) is 0.667. The van der Waals surface area contributed by atoms with Gasteiger partial charge < -0.3 is 0 Å². The second-order valence-corrected chi connectivity index (χ2v) is 7.09. The Hall–Kier alpha value is -1.00. The number of alkyl halides is 1. The van der Waals surface area contributed by atoms with Crippen molar-refractivity contribution in [1.29, 1.82) is 0 Å². The first-order valence-electron chi connectivity index (χ1n) is 7.97. The molecule has 0 radical (unpaired) electrons. The third-order valence-electron chi connectivity index (χ3n) is 3.90. The van der Waals surface area contributed by atoms with Gasteiger partial charge in [0.05, 0.1) is 5.60 Å². The molecule has 1 aromatic rings. The van der Waals surface area contributed by atoms with Gasteiger partial charge in [-0.05, 0) is 66.2 Å². The lowest BCUT2D eigenvalue weighted by Gasteiger charge is -2.26. The van der Waals surface area contributed by atoms with Crippen LogP contribution in [-0.2, 0) is 16.7 Å². The summed E-state index contributed by atoms with van der Waals surface area (Å²) in [7, 11) is 0. The van der Waals surface area contributed by atoms with Crippen molar-refractivity contribution in [2.24, 2.45) is 5.92 Å². The number of hydrogen-bond donors (Lipinski definition) is 0. The quantitative estimate of drug-likeness (QED) is 0.498. The van der Waals surface area contributed by atoms with Crippen molar-refractivity contribution < 1.29 is 18.9 Å². The highest BCUT2D eigenvalue weighted by atomic mass is 19.3. The van der Waals surface area contributed by atoms with E-state index in [-0.39, 0.29) is 6.67 Å². The van der Waals surface area contributed by atoms with Gasteiger partial charge in [0.2, 0.25) is 0 Å². The van der Waals surface area contributed by atoms with E-state index < -0.39 is 5.60 Å². The van der Waals surface area contributed by atoms with Gasteiger partial charge in [-0.3, -0.25) is 0 Å². The Morgan fingerprint density at radius 3 is 1.95 bits per heavy atom. The zero-order valence-corrected chi connectivity index (χ0v) is 14.1. The summed E-state index contributed by atoms with van der Waals surface area (Å²) in [5.41, 5.74) is 1.65. The lowest BCUT2D eigenvalue weighted by atomic mass is 9.79. The minimum Gasteiger partial charge on any atom is -0.246 e. The standard InChI is InChI=1S/C14H19F.C4H9FO2/c1-11-2-6-13(7-3-11)14-8-4-12(10-15)5-9-14;1-4(2,3)6-7-5/h4-5,8-9,11,13H,2-3,6-7,10H2,1H3;1-3H3. The van der Waals surface area contributed by atoms with Gasteiger partial charge in [-0.2, -0.15) is 4.89 Å². The van der Waals surface area contributed by atoms with E-state index >= 15 is 0 Å². The number of rotatable bonds is 3. The summed E-state index contributed by atoms with van der Waals surface area (Å²) in [5, 5.41) is 2.91. The van der Waals surface area contributed by atoms with Crippen molar-refractivity contribution in [2.45, 2.75) is 71.6 Å². The van der Waals surface area contributed by atoms with Crippen LogP contribution < -0.4 is 0 Å². The van der Waals surface area contributed by atoms with Crippen LogP contribution in [0.4, 0.5) is 8.92 Å². The van der Waals surface area contributed by atoms with E-state index in [2.05, 4.69) is 29.0 Å². The minimum absolute atomic E-state index is 0.345. The average Bonchev–Trinajstić information content (AvgIpc) is 2.48. The lowest BCUT2D eigenvalue weighted by Crippen LogP contribution is -2.16. The van der Waals surface area contributed by atoms with Gasteiger partial charge in [-0.1, -0.05) is 44.0 Å². The van der Waals surface area contributed by atoms with Gasteiger partial charge in [-0.25, -0.2) is 4.39 Å². The molecular formula is C18H28F2O2. The predicted molar refractivity (Wildman–Crippen MR) is 84.7 cm³/mol. The van der Waals surface area contributed by atoms with Crippen molar-refractivity contribution >= 4 is 0 Å². The van der Waals surface area contributed by atoms with Gasteiger partial charge >= 0.3 is 0 Å². The molecule has 0 unspecified atom stereocenters. The predicted octanol–water partition coefficient (Wildman–Crippen LogP) is 6.07. The number of halogens is 2. The van der Waals surface area contributed by atoms with E-state index in [1.54, 1.807) is 20.8 Å². The van der Waals surface area contributed by atoms with Crippen molar-refractivity contribution in [1.82, 2.24) is 0 Å². The summed E-state index contributed by atoms with van der Waals surface area (Å²) in [6.07, 6.45) is 5.29. The largest absolute Gasteiger partial charge is 0.246 e. The molecule has 1 aliphatic carbocycles. The molecule has 1 saturated carbocycles. The van der Waals surface area contributed by atoms with Crippen molar-refractivity contribution in [3.8, 4) is 0 Å². The van der Waals surface area contributed by atoms with Crippen LogP contribution in [0.5, 0.6) is 0 Å². The molecule has 0 spiro atoms. The van der Waals surface area contributed by atoms with Gasteiger partial charge in [0.25, 0.3) is 0 Å². The smallest absolute Gasteiger partial charge is 0.115 e. The molecule has 0 bridgehead atoms. The average molecular weight is 314 g/mol. The number of benzene rings is 1. The molecule has 1 aromatic carbocycles. The Morgan fingerprint density at radius 1 is 1.05 bits per heavy atom. The highest BCUT2D eigenvalue weighted by molar-refractivity contribution is 5.25. The Bertz CT molecular complexity index is 404. The first kappa shape index (κ1) is 19.0. The van der Waals surface area contributed by atoms with E-state index in [0.717, 1.165) is 17.4 Å². The molecule has 0 N–H and O–H groups in total. The van der Waals surface area contributed by atoms with Crippen LogP contribution in [0.1, 0.15) is 70.4 Å². The fourth-order valence-electron chi connectivity index (χ4n) is 2.57. The normalized spacial score (nSPS) is 21.9. The highest BCUT2D eigenvalue weighted by Gasteiger charge is 2.19. The summed E-state index contributed by atoms with van der Waals surface area (Å²) in [4.78, 5) is 4.06. The van der Waals surface area contributed by atoms with Crippen LogP contribution in [0.25, 0.3) is 0 Å². The first-order valence-corrected chi connectivity index (χ1v) is 7.97. The second kappa shape index (κ2) is 9.21. The SMILES string of the molecule is CC(C)(C)OOF.CC1CCC(c2ccc(CF)cc2)CC1. The minimum atomic E-state index is -0.547. The van der Waals surface area contributed by atoms with Gasteiger partial charge in [-0.15, -0.1) is 0 Å². The molecule has 0 atom stereocenters. The molecule has 0 saturated heterocycles. The summed E-state index contributed by atoms with van der Waals surface area (Å²) in [6, 6.07) is 8.06. The monoisotopic (exact) mass is 314 g/mol. The molecule has 0 heterocycles. The molecule has 1 aliphatic rings. The molecule has 4 heteroatoms. The highest BCUT2D eigenvalue weighted by Crippen LogP contribution is 2.35. The van der Waals surface area contributed by atoms with Crippen LogP contribution in [0, 0.1) is 5.92 Å². The Labute approximate surface area is 132 Å². The van der Waals surface area contributed by atoms with E-state index in [0.29, 0.717) is 0 Å². The molecule has 2 rings (SSSR count). The molecule has 22 heavy (non-hydrogen) atoms. The Balaban J connectivity index is 0.000000295. The van der Waals surface area contributed by atoms with E-state index in [4.69, 9.17) is 0 Å². The Kier molecular flexibility index (Phi) is 7.97. The van der Waals surface area contributed by atoms with E-state index in [9.17, 15) is 8.92 Å². The van der Waals surface area contributed by atoms with Gasteiger partial charge in [0.15, 0.2) is 0 Å². The third-order valence-corrected chi connectivity index (χ3v) is 3.90. The third kappa shape index (κ3) is 7.32. The van der Waals surface area contributed by atoms with Gasteiger partial charge in [0, 0.05) is 0 Å². The zero-order chi connectivity index (χ0) is 16.6. The van der Waals surface area contributed by atoms with Crippen molar-refractivity contribution in [3.05, 3.63) is 35.4 Å². The number of hydrogen-bond acceptors (Lipinski definition) is 2. The van der Waals surface area contributed by atoms with Crippen LogP contribution in [0.2, 0.25) is 0 Å². The zero-order valence-electron chi connectivity index (χ0n) is 14.1. The Morgan fingerprint density at radius 2 is 1.59 bits per heavy atom. The maximum Gasteiger partial charge on any atom is 0.115 e. The molecular weight excluding hydrogens is 286 g/mol. The lowest BCUT2D eigenvalue weighted by molar-refractivity contribution is -0.465. The first-order chi connectivity index (χ1) is 10.4. The second-order valence-electron chi connectivity index (χ2n) is 7.09. The van der Waals surface area contributed by atoms with Crippen molar-refractivity contribution in [2.75, 3.05) is 0 Å². The van der Waals surface area contributed by atoms with Crippen molar-refractivity contribution in [3.63, 3.8) is 0 Å². The van der Waals surface area contributed by atoms with E-state index in [1.807, 2.05) is 12.1 Å². The molecule has 2 nitrogen and oxygen atoms in total. The summed E-state index contributed by atoms with van der Waals surface area (Å²) in [5.74, 6) is 1.61. The summed E-state index contributed by atoms with van der Waals surface area (Å²) in [6.45, 7) is 7.05. The van der Waals surface area contributed by atoms with Crippen LogP contribution >= 0.6 is 0 Å². The molecule has 1 fully saturated rings. The van der Waals surface area contributed by atoms with Crippen LogP contribution in [-0.4, -0.2) is 5.60 Å².